The van der Waals surface area contributed by atoms with Crippen molar-refractivity contribution in [3.05, 3.63) is 0 Å². The molecule has 0 radical (unpaired) electrons. The Balaban J connectivity index is 0. The van der Waals surface area contributed by atoms with E-state index in [0.29, 0.717) is 57.4 Å². The molecule has 47 heavy (non-hydrogen) atoms. The first kappa shape index (κ1) is 45.4. The highest BCUT2D eigenvalue weighted by Gasteiger charge is 2.21. The van der Waals surface area contributed by atoms with Crippen LogP contribution >= 0.6 is 0 Å². The lowest BCUT2D eigenvalue weighted by Crippen LogP contribution is -2.41. The Bertz CT molecular complexity index is 937. The number of nitrogens with two attached hydrogens (primary N) is 2. The summed E-state index contributed by atoms with van der Waals surface area (Å²) in [6, 6.07) is -0.498. The fourth-order valence-corrected chi connectivity index (χ4v) is 3.18. The first-order valence-corrected chi connectivity index (χ1v) is 15.3. The molecule has 1 atom stereocenters. The topological polar surface area (TPSA) is 271 Å². The number of nitrogens with zero attached hydrogens (tertiary/aromatic N) is 1. The Morgan fingerprint density at radius 3 is 1.57 bits per heavy atom. The molecule has 0 saturated carbocycles. The first-order chi connectivity index (χ1) is 21.8. The van der Waals surface area contributed by atoms with Crippen molar-refractivity contribution >= 4 is 35.9 Å². The predicted octanol–water partition coefficient (Wildman–Crippen LogP) is 0.0158. The van der Waals surface area contributed by atoms with Gasteiger partial charge in [0.05, 0.1) is 32.5 Å². The van der Waals surface area contributed by atoms with Gasteiger partial charge in [0.1, 0.15) is 24.3 Å². The summed E-state index contributed by atoms with van der Waals surface area (Å²) >= 11 is 0. The zero-order valence-corrected chi connectivity index (χ0v) is 28.6. The third kappa shape index (κ3) is 32.0. The number of carbonyl (C=O) groups excluding carboxylic acids is 4. The summed E-state index contributed by atoms with van der Waals surface area (Å²) in [5, 5.41) is 24.9. The minimum absolute atomic E-state index is 0.0799. The largest absolute Gasteiger partial charge is 0.480 e. The van der Waals surface area contributed by atoms with Gasteiger partial charge < -0.3 is 61.5 Å². The predicted molar refractivity (Wildman–Crippen MR) is 170 cm³/mol. The number of alkyl carbamates (subject to hydrolysis) is 2. The van der Waals surface area contributed by atoms with E-state index in [1.54, 1.807) is 41.5 Å². The number of amides is 4. The van der Waals surface area contributed by atoms with E-state index in [1.165, 1.54) is 0 Å². The standard InChI is InChI=1S/C17H36N4O5.C12H20N2O7/c1-17(2,3)26-16(23)21-9-11-25-13-12-24-10-8-20-15(22)14(19)6-4-5-7-18;1-12(2,3)21-11(20)13-5-4-8(15)14(6-9(16)17)7-10(18)19/h14H,4-13,18-19H2,1-3H3,(H,20,22)(H,21,23);4-7H2,1-3H3,(H,13,20)(H,16,17)(H,18,19)/t14-;/m0./s1. The van der Waals surface area contributed by atoms with Gasteiger partial charge in [0.25, 0.3) is 0 Å². The maximum absolute atomic E-state index is 11.7. The highest BCUT2D eigenvalue weighted by atomic mass is 16.6. The number of carbonyl (C=O) groups is 6. The number of hydrogen-bond acceptors (Lipinski definition) is 12. The van der Waals surface area contributed by atoms with Crippen LogP contribution in [0.3, 0.4) is 0 Å². The molecule has 0 aromatic rings. The Morgan fingerprint density at radius 1 is 0.702 bits per heavy atom. The van der Waals surface area contributed by atoms with E-state index < -0.39 is 60.4 Å². The van der Waals surface area contributed by atoms with Crippen LogP contribution in [0, 0.1) is 0 Å². The Labute approximate surface area is 276 Å². The van der Waals surface area contributed by atoms with Crippen molar-refractivity contribution in [1.29, 1.82) is 0 Å². The summed E-state index contributed by atoms with van der Waals surface area (Å²) in [6.07, 6.45) is 0.959. The second kappa shape index (κ2) is 25.4. The molecule has 274 valence electrons. The number of nitrogens with one attached hydrogen (secondary N) is 3. The summed E-state index contributed by atoms with van der Waals surface area (Å²) in [7, 11) is 0. The lowest BCUT2D eigenvalue weighted by molar-refractivity contribution is -0.149. The summed E-state index contributed by atoms with van der Waals surface area (Å²) in [5.74, 6) is -3.49. The molecule has 0 aliphatic carbocycles. The van der Waals surface area contributed by atoms with Crippen LogP contribution in [0.25, 0.3) is 0 Å². The van der Waals surface area contributed by atoms with Crippen LogP contribution in [0.4, 0.5) is 9.59 Å². The molecule has 0 saturated heterocycles. The second-order valence-electron chi connectivity index (χ2n) is 12.1. The third-order valence-electron chi connectivity index (χ3n) is 5.15. The molecule has 0 rings (SSSR count). The molecule has 0 bridgehead atoms. The highest BCUT2D eigenvalue weighted by molar-refractivity contribution is 5.85. The summed E-state index contributed by atoms with van der Waals surface area (Å²) in [4.78, 5) is 67.9. The summed E-state index contributed by atoms with van der Waals surface area (Å²) in [6.45, 7) is 11.9. The van der Waals surface area contributed by atoms with Gasteiger partial charge in [-0.05, 0) is 60.9 Å². The number of carboxylic acid groups (broad SMARTS) is 2. The molecule has 0 fully saturated rings. The van der Waals surface area contributed by atoms with Crippen molar-refractivity contribution in [2.75, 3.05) is 65.7 Å². The van der Waals surface area contributed by atoms with Crippen LogP contribution < -0.4 is 27.4 Å². The van der Waals surface area contributed by atoms with Crippen molar-refractivity contribution in [2.45, 2.75) is 84.5 Å². The van der Waals surface area contributed by atoms with Gasteiger partial charge in [-0.3, -0.25) is 19.2 Å². The normalized spacial score (nSPS) is 11.7. The van der Waals surface area contributed by atoms with Crippen LogP contribution in [0.1, 0.15) is 67.2 Å². The molecule has 0 aliphatic heterocycles. The van der Waals surface area contributed by atoms with Gasteiger partial charge in [-0.15, -0.1) is 0 Å². The van der Waals surface area contributed by atoms with E-state index >= 15 is 0 Å². The van der Waals surface area contributed by atoms with Gasteiger partial charge in [0.15, 0.2) is 0 Å². The van der Waals surface area contributed by atoms with E-state index in [4.69, 9.17) is 40.6 Å². The average molecular weight is 681 g/mol. The lowest BCUT2D eigenvalue weighted by atomic mass is 10.1. The maximum atomic E-state index is 11.7. The number of aliphatic carboxylic acids is 2. The van der Waals surface area contributed by atoms with Gasteiger partial charge in [-0.25, -0.2) is 9.59 Å². The zero-order chi connectivity index (χ0) is 36.5. The van der Waals surface area contributed by atoms with Gasteiger partial charge in [-0.1, -0.05) is 6.42 Å². The van der Waals surface area contributed by atoms with Gasteiger partial charge >= 0.3 is 24.1 Å². The highest BCUT2D eigenvalue weighted by Crippen LogP contribution is 2.07. The second-order valence-corrected chi connectivity index (χ2v) is 12.1. The van der Waals surface area contributed by atoms with Crippen molar-refractivity contribution in [3.63, 3.8) is 0 Å². The molecular formula is C29H56N6O12. The summed E-state index contributed by atoms with van der Waals surface area (Å²) in [5.41, 5.74) is 9.98. The molecule has 0 aliphatic rings. The number of hydrogen-bond donors (Lipinski definition) is 7. The van der Waals surface area contributed by atoms with Gasteiger partial charge in [0, 0.05) is 26.1 Å². The monoisotopic (exact) mass is 680 g/mol. The van der Waals surface area contributed by atoms with E-state index in [-0.39, 0.29) is 18.9 Å². The minimum Gasteiger partial charge on any atom is -0.480 e. The van der Waals surface area contributed by atoms with Gasteiger partial charge in [-0.2, -0.15) is 0 Å². The molecular weight excluding hydrogens is 624 g/mol. The fraction of sp³-hybridized carbons (Fsp3) is 0.793. The van der Waals surface area contributed by atoms with E-state index in [1.807, 2.05) is 0 Å². The van der Waals surface area contributed by atoms with Crippen molar-refractivity contribution in [3.8, 4) is 0 Å². The molecule has 0 spiro atoms. The maximum Gasteiger partial charge on any atom is 0.407 e. The van der Waals surface area contributed by atoms with Crippen LogP contribution in [0.15, 0.2) is 0 Å². The Morgan fingerprint density at radius 2 is 1.15 bits per heavy atom. The van der Waals surface area contributed by atoms with E-state index in [9.17, 15) is 28.8 Å². The lowest BCUT2D eigenvalue weighted by Gasteiger charge is -2.20. The summed E-state index contributed by atoms with van der Waals surface area (Å²) < 4.78 is 20.7. The third-order valence-corrected chi connectivity index (χ3v) is 5.15. The van der Waals surface area contributed by atoms with Crippen LogP contribution in [0.5, 0.6) is 0 Å². The van der Waals surface area contributed by atoms with Crippen LogP contribution in [-0.2, 0) is 38.1 Å². The van der Waals surface area contributed by atoms with E-state index in [2.05, 4.69) is 16.0 Å². The number of rotatable bonds is 21. The van der Waals surface area contributed by atoms with Crippen molar-refractivity contribution in [2.24, 2.45) is 11.5 Å². The molecule has 4 amide bonds. The molecule has 0 unspecified atom stereocenters. The van der Waals surface area contributed by atoms with Crippen LogP contribution in [-0.4, -0.2) is 134 Å². The molecule has 0 heterocycles. The van der Waals surface area contributed by atoms with Gasteiger partial charge in [0.2, 0.25) is 11.8 Å². The van der Waals surface area contributed by atoms with E-state index in [0.717, 1.165) is 12.8 Å². The number of ether oxygens (including phenoxy) is 4. The Kier molecular flexibility index (Phi) is 24.5. The molecule has 9 N–H and O–H groups in total. The molecule has 0 aromatic heterocycles. The molecule has 0 aromatic carbocycles. The smallest absolute Gasteiger partial charge is 0.407 e. The van der Waals surface area contributed by atoms with Crippen molar-refractivity contribution in [1.82, 2.24) is 20.9 Å². The van der Waals surface area contributed by atoms with Crippen LogP contribution in [0.2, 0.25) is 0 Å². The number of unbranched alkanes of at least 4 members (excludes halogenated alkanes) is 1. The Hall–Kier alpha value is -3.74. The fourth-order valence-electron chi connectivity index (χ4n) is 3.18. The molecule has 18 heteroatoms. The SMILES string of the molecule is CC(C)(C)OC(=O)NCCC(=O)N(CC(=O)O)CC(=O)O.CC(C)(C)OC(=O)NCCOCCOCCNC(=O)[C@@H](N)CCCCN. The molecule has 18 nitrogen and oxygen atoms in total. The number of carboxylic acids is 2. The first-order valence-electron chi connectivity index (χ1n) is 15.3. The minimum atomic E-state index is -1.32. The average Bonchev–Trinajstić information content (AvgIpc) is 2.91. The zero-order valence-electron chi connectivity index (χ0n) is 28.6. The quantitative estimate of drug-likeness (QED) is 0.0788. The van der Waals surface area contributed by atoms with Crippen molar-refractivity contribution < 1.29 is 57.9 Å².